The van der Waals surface area contributed by atoms with Crippen LogP contribution in [0, 0.1) is 0 Å². The van der Waals surface area contributed by atoms with Crippen molar-refractivity contribution in [3.63, 3.8) is 0 Å². The number of ether oxygens (including phenoxy) is 1. The van der Waals surface area contributed by atoms with Gasteiger partial charge in [0, 0.05) is 11.1 Å². The Balaban J connectivity index is 1.78. The minimum atomic E-state index is -3.76. The van der Waals surface area contributed by atoms with Gasteiger partial charge in [-0.3, -0.25) is 0 Å². The number of methoxy groups -OCH3 is 1. The van der Waals surface area contributed by atoms with Crippen molar-refractivity contribution >= 4 is 26.9 Å². The largest absolute Gasteiger partial charge is 0.465 e. The summed E-state index contributed by atoms with van der Waals surface area (Å²) in [6.07, 6.45) is 0.959. The first-order valence-corrected chi connectivity index (χ1v) is 11.0. The molecule has 4 aromatic rings. The molecule has 0 amide bonds. The highest BCUT2D eigenvalue weighted by molar-refractivity contribution is 7.90. The van der Waals surface area contributed by atoms with E-state index in [1.807, 2.05) is 42.5 Å². The van der Waals surface area contributed by atoms with Gasteiger partial charge in [0.05, 0.1) is 23.1 Å². The van der Waals surface area contributed by atoms with Crippen LogP contribution in [0.2, 0.25) is 0 Å². The van der Waals surface area contributed by atoms with E-state index < -0.39 is 16.0 Å². The predicted molar refractivity (Wildman–Crippen MR) is 116 cm³/mol. The summed E-state index contributed by atoms with van der Waals surface area (Å²) in [6, 6.07) is 25.0. The summed E-state index contributed by atoms with van der Waals surface area (Å²) in [5, 5.41) is 0.855. The zero-order chi connectivity index (χ0) is 21.1. The van der Waals surface area contributed by atoms with Crippen LogP contribution in [0.4, 0.5) is 0 Å². The van der Waals surface area contributed by atoms with Crippen molar-refractivity contribution in [1.82, 2.24) is 3.97 Å². The van der Waals surface area contributed by atoms with Gasteiger partial charge >= 0.3 is 5.97 Å². The molecule has 6 heteroatoms. The van der Waals surface area contributed by atoms with Gasteiger partial charge in [-0.15, -0.1) is 0 Å². The summed E-state index contributed by atoms with van der Waals surface area (Å²) in [4.78, 5) is 12.3. The molecule has 0 aliphatic rings. The lowest BCUT2D eigenvalue weighted by Crippen LogP contribution is -2.16. The van der Waals surface area contributed by atoms with Crippen molar-refractivity contribution in [1.29, 1.82) is 0 Å². The van der Waals surface area contributed by atoms with E-state index >= 15 is 0 Å². The molecule has 0 fully saturated rings. The standard InChI is InChI=1S/C24H21NO4S/c1-29-24(26)22-13-7-5-9-18(22)15-16-20-17-19-10-6-8-14-23(19)25(20)30(27,28)21-11-3-2-4-12-21/h2-14,17H,15-16H2,1H3. The van der Waals surface area contributed by atoms with E-state index in [0.29, 0.717) is 29.6 Å². The Hall–Kier alpha value is -3.38. The van der Waals surface area contributed by atoms with Gasteiger partial charge in [-0.1, -0.05) is 54.6 Å². The molecule has 0 N–H and O–H groups in total. The molecule has 5 nitrogen and oxygen atoms in total. The molecule has 4 rings (SSSR count). The zero-order valence-corrected chi connectivity index (χ0v) is 17.3. The van der Waals surface area contributed by atoms with Crippen LogP contribution in [0.5, 0.6) is 0 Å². The number of hydrogen-bond donors (Lipinski definition) is 0. The van der Waals surface area contributed by atoms with Gasteiger partial charge in [-0.05, 0) is 48.7 Å². The Bertz CT molecular complexity index is 1310. The lowest BCUT2D eigenvalue weighted by Gasteiger charge is -2.13. The summed E-state index contributed by atoms with van der Waals surface area (Å²) in [6.45, 7) is 0. The summed E-state index contributed by atoms with van der Waals surface area (Å²) in [5.74, 6) is -0.400. The molecule has 0 aliphatic heterocycles. The molecular formula is C24H21NO4S. The Kier molecular flexibility index (Phi) is 5.42. The van der Waals surface area contributed by atoms with E-state index in [0.717, 1.165) is 10.9 Å². The fourth-order valence-electron chi connectivity index (χ4n) is 3.65. The maximum atomic E-state index is 13.5. The molecule has 3 aromatic carbocycles. The minimum absolute atomic E-state index is 0.238. The van der Waals surface area contributed by atoms with Gasteiger partial charge in [0.15, 0.2) is 0 Å². The Morgan fingerprint density at radius 2 is 1.53 bits per heavy atom. The number of carbonyl (C=O) groups is 1. The van der Waals surface area contributed by atoms with Gasteiger partial charge in [-0.2, -0.15) is 0 Å². The highest BCUT2D eigenvalue weighted by Crippen LogP contribution is 2.27. The van der Waals surface area contributed by atoms with Gasteiger partial charge in [-0.25, -0.2) is 17.2 Å². The quantitative estimate of drug-likeness (QED) is 0.433. The maximum Gasteiger partial charge on any atom is 0.338 e. The SMILES string of the molecule is COC(=O)c1ccccc1CCc1cc2ccccc2n1S(=O)(=O)c1ccccc1. The van der Waals surface area contributed by atoms with Gasteiger partial charge in [0.25, 0.3) is 10.0 Å². The maximum absolute atomic E-state index is 13.5. The van der Waals surface area contributed by atoms with Crippen LogP contribution >= 0.6 is 0 Å². The topological polar surface area (TPSA) is 65.4 Å². The van der Waals surface area contributed by atoms with Crippen molar-refractivity contribution < 1.29 is 17.9 Å². The van der Waals surface area contributed by atoms with Crippen molar-refractivity contribution in [3.8, 4) is 0 Å². The lowest BCUT2D eigenvalue weighted by atomic mass is 10.0. The van der Waals surface area contributed by atoms with Crippen LogP contribution in [-0.2, 0) is 27.6 Å². The normalized spacial score (nSPS) is 11.5. The molecule has 1 aromatic heterocycles. The highest BCUT2D eigenvalue weighted by atomic mass is 32.2. The number of rotatable bonds is 6. The first-order valence-electron chi connectivity index (χ1n) is 9.58. The fraction of sp³-hybridized carbons (Fsp3) is 0.125. The van der Waals surface area contributed by atoms with E-state index in [2.05, 4.69) is 0 Å². The summed E-state index contributed by atoms with van der Waals surface area (Å²) in [7, 11) is -2.41. The highest BCUT2D eigenvalue weighted by Gasteiger charge is 2.23. The second-order valence-electron chi connectivity index (χ2n) is 6.93. The summed E-state index contributed by atoms with van der Waals surface area (Å²) in [5.41, 5.74) is 2.61. The van der Waals surface area contributed by atoms with Crippen LogP contribution < -0.4 is 0 Å². The number of aryl methyl sites for hydroxylation is 2. The number of esters is 1. The third-order valence-electron chi connectivity index (χ3n) is 5.09. The molecule has 0 unspecified atom stereocenters. The average Bonchev–Trinajstić information content (AvgIpc) is 3.17. The number of para-hydroxylation sites is 1. The third-order valence-corrected chi connectivity index (χ3v) is 6.87. The minimum Gasteiger partial charge on any atom is -0.465 e. The Morgan fingerprint density at radius 3 is 2.30 bits per heavy atom. The number of nitrogens with zero attached hydrogens (tertiary/aromatic N) is 1. The van der Waals surface area contributed by atoms with E-state index in [-0.39, 0.29) is 4.90 Å². The molecule has 0 aliphatic carbocycles. The van der Waals surface area contributed by atoms with Crippen LogP contribution in [0.1, 0.15) is 21.6 Å². The number of carbonyl (C=O) groups excluding carboxylic acids is 1. The van der Waals surface area contributed by atoms with Crippen LogP contribution in [0.3, 0.4) is 0 Å². The summed E-state index contributed by atoms with van der Waals surface area (Å²) >= 11 is 0. The molecule has 0 bridgehead atoms. The van der Waals surface area contributed by atoms with Crippen LogP contribution in [0.25, 0.3) is 10.9 Å². The monoisotopic (exact) mass is 419 g/mol. The van der Waals surface area contributed by atoms with Crippen LogP contribution in [-0.4, -0.2) is 25.5 Å². The Labute approximate surface area is 175 Å². The fourth-order valence-corrected chi connectivity index (χ4v) is 5.24. The van der Waals surface area contributed by atoms with Gasteiger partial charge in [0.1, 0.15) is 0 Å². The predicted octanol–water partition coefficient (Wildman–Crippen LogP) is 4.45. The van der Waals surface area contributed by atoms with Gasteiger partial charge in [0.2, 0.25) is 0 Å². The number of aromatic nitrogens is 1. The molecule has 0 saturated heterocycles. The van der Waals surface area contributed by atoms with Gasteiger partial charge < -0.3 is 4.74 Å². The van der Waals surface area contributed by atoms with E-state index in [9.17, 15) is 13.2 Å². The van der Waals surface area contributed by atoms with Crippen molar-refractivity contribution in [2.75, 3.05) is 7.11 Å². The van der Waals surface area contributed by atoms with E-state index in [1.165, 1.54) is 11.1 Å². The van der Waals surface area contributed by atoms with E-state index in [1.54, 1.807) is 42.5 Å². The molecule has 0 radical (unpaired) electrons. The van der Waals surface area contributed by atoms with Crippen molar-refractivity contribution in [2.24, 2.45) is 0 Å². The number of fused-ring (bicyclic) bond motifs is 1. The molecule has 0 atom stereocenters. The number of benzene rings is 3. The Morgan fingerprint density at radius 1 is 0.867 bits per heavy atom. The van der Waals surface area contributed by atoms with Crippen molar-refractivity contribution in [3.05, 3.63) is 102 Å². The molecule has 0 spiro atoms. The first kappa shape index (κ1) is 19.9. The molecular weight excluding hydrogens is 398 g/mol. The number of hydrogen-bond acceptors (Lipinski definition) is 4. The molecule has 30 heavy (non-hydrogen) atoms. The second kappa shape index (κ2) is 8.16. The average molecular weight is 420 g/mol. The summed E-state index contributed by atoms with van der Waals surface area (Å²) < 4.78 is 33.2. The van der Waals surface area contributed by atoms with Crippen molar-refractivity contribution in [2.45, 2.75) is 17.7 Å². The zero-order valence-electron chi connectivity index (χ0n) is 16.5. The molecule has 1 heterocycles. The smallest absolute Gasteiger partial charge is 0.338 e. The molecule has 152 valence electrons. The van der Waals surface area contributed by atoms with Crippen LogP contribution in [0.15, 0.2) is 89.8 Å². The molecule has 0 saturated carbocycles. The van der Waals surface area contributed by atoms with E-state index in [4.69, 9.17) is 4.74 Å². The lowest BCUT2D eigenvalue weighted by molar-refractivity contribution is 0.0599. The third kappa shape index (κ3) is 3.62. The second-order valence-corrected chi connectivity index (χ2v) is 8.71. The first-order chi connectivity index (χ1) is 14.5.